The molecule has 0 spiro atoms. The number of rotatable bonds is 4. The third kappa shape index (κ3) is 3.86. The second-order valence-electron chi connectivity index (χ2n) is 5.98. The van der Waals surface area contributed by atoms with E-state index in [9.17, 15) is 9.59 Å². The third-order valence-electron chi connectivity index (χ3n) is 4.04. The van der Waals surface area contributed by atoms with Gasteiger partial charge in [0.05, 0.1) is 10.2 Å². The third-order valence-corrected chi connectivity index (χ3v) is 6.20. The highest BCUT2D eigenvalue weighted by Crippen LogP contribution is 2.33. The molecule has 1 unspecified atom stereocenters. The molecule has 6 nitrogen and oxygen atoms in total. The minimum Gasteiger partial charge on any atom is -0.326 e. The van der Waals surface area contributed by atoms with Crippen LogP contribution in [0.15, 0.2) is 59.6 Å². The number of thiazole rings is 1. The van der Waals surface area contributed by atoms with Gasteiger partial charge in [0.2, 0.25) is 16.9 Å². The lowest BCUT2D eigenvalue weighted by atomic mass is 10.2. The van der Waals surface area contributed by atoms with Gasteiger partial charge in [-0.05, 0) is 24.3 Å². The zero-order chi connectivity index (χ0) is 18.8. The van der Waals surface area contributed by atoms with Crippen molar-refractivity contribution in [1.82, 2.24) is 9.88 Å². The number of thioether (sulfide) groups is 1. The van der Waals surface area contributed by atoms with Crippen molar-refractivity contribution in [2.75, 3.05) is 12.4 Å². The smallest absolute Gasteiger partial charge is 0.242 e. The molecule has 2 amide bonds. The van der Waals surface area contributed by atoms with Gasteiger partial charge in [0.1, 0.15) is 5.25 Å². The lowest BCUT2D eigenvalue weighted by Gasteiger charge is -2.09. The van der Waals surface area contributed by atoms with Crippen molar-refractivity contribution in [1.29, 1.82) is 0 Å². The Morgan fingerprint density at radius 3 is 2.70 bits per heavy atom. The molecule has 1 fully saturated rings. The standard InChI is InChI=1S/C19H16N4O2S2/c1-23-17(25)15(11-16(24)20-12-7-3-2-4-8-12)27-19(23)22-18-21-13-9-5-6-10-14(13)26-18/h2-10,15H,11H2,1H3,(H,20,24)/b22-19+. The van der Waals surface area contributed by atoms with Crippen molar-refractivity contribution in [3.05, 3.63) is 54.6 Å². The number of nitrogens with one attached hydrogen (secondary N) is 1. The highest BCUT2D eigenvalue weighted by Gasteiger charge is 2.37. The number of amides is 2. The van der Waals surface area contributed by atoms with E-state index < -0.39 is 5.25 Å². The van der Waals surface area contributed by atoms with Gasteiger partial charge < -0.3 is 5.32 Å². The molecule has 0 bridgehead atoms. The predicted octanol–water partition coefficient (Wildman–Crippen LogP) is 3.89. The fourth-order valence-corrected chi connectivity index (χ4v) is 4.72. The van der Waals surface area contributed by atoms with Crippen molar-refractivity contribution in [2.24, 2.45) is 4.99 Å². The van der Waals surface area contributed by atoms with Crippen LogP contribution >= 0.6 is 23.1 Å². The predicted molar refractivity (Wildman–Crippen MR) is 111 cm³/mol. The summed E-state index contributed by atoms with van der Waals surface area (Å²) in [6, 6.07) is 17.0. The zero-order valence-corrected chi connectivity index (χ0v) is 16.1. The van der Waals surface area contributed by atoms with Crippen LogP contribution in [0.2, 0.25) is 0 Å². The Bertz CT molecular complexity index is 999. The van der Waals surface area contributed by atoms with Crippen LogP contribution in [-0.4, -0.2) is 39.2 Å². The molecule has 2 heterocycles. The molecule has 1 saturated heterocycles. The first-order chi connectivity index (χ1) is 13.1. The maximum atomic E-state index is 12.5. The summed E-state index contributed by atoms with van der Waals surface area (Å²) in [5.74, 6) is -0.315. The van der Waals surface area contributed by atoms with Crippen molar-refractivity contribution in [2.45, 2.75) is 11.7 Å². The van der Waals surface area contributed by atoms with Gasteiger partial charge in [0.25, 0.3) is 0 Å². The molecular formula is C19H16N4O2S2. The Balaban J connectivity index is 1.47. The number of para-hydroxylation sites is 2. The molecule has 0 aliphatic carbocycles. The largest absolute Gasteiger partial charge is 0.326 e. The van der Waals surface area contributed by atoms with Crippen molar-refractivity contribution < 1.29 is 9.59 Å². The van der Waals surface area contributed by atoms with E-state index in [0.29, 0.717) is 10.3 Å². The normalized spacial score (nSPS) is 18.4. The van der Waals surface area contributed by atoms with Gasteiger partial charge in [-0.15, -0.1) is 0 Å². The Morgan fingerprint density at radius 1 is 1.19 bits per heavy atom. The summed E-state index contributed by atoms with van der Waals surface area (Å²) in [5.41, 5.74) is 1.60. The average molecular weight is 396 g/mol. The Kier molecular flexibility index (Phi) is 4.91. The average Bonchev–Trinajstić information content (AvgIpc) is 3.19. The van der Waals surface area contributed by atoms with Gasteiger partial charge in [-0.3, -0.25) is 14.5 Å². The van der Waals surface area contributed by atoms with Gasteiger partial charge in [-0.2, -0.15) is 4.99 Å². The van der Waals surface area contributed by atoms with E-state index in [1.54, 1.807) is 7.05 Å². The Labute approximate surface area is 164 Å². The maximum Gasteiger partial charge on any atom is 0.242 e. The van der Waals surface area contributed by atoms with Crippen molar-refractivity contribution in [3.8, 4) is 0 Å². The summed E-state index contributed by atoms with van der Waals surface area (Å²) in [6.07, 6.45) is 0.0988. The van der Waals surface area contributed by atoms with E-state index in [4.69, 9.17) is 0 Å². The van der Waals surface area contributed by atoms with E-state index in [0.717, 1.165) is 15.9 Å². The van der Waals surface area contributed by atoms with Gasteiger partial charge in [-0.1, -0.05) is 53.4 Å². The Morgan fingerprint density at radius 2 is 1.93 bits per heavy atom. The highest BCUT2D eigenvalue weighted by atomic mass is 32.2. The van der Waals surface area contributed by atoms with Crippen LogP contribution in [0.5, 0.6) is 0 Å². The number of aliphatic imine (C=N–C) groups is 1. The van der Waals surface area contributed by atoms with E-state index in [-0.39, 0.29) is 18.2 Å². The first-order valence-electron chi connectivity index (χ1n) is 8.33. The second kappa shape index (κ2) is 7.50. The van der Waals surface area contributed by atoms with Gasteiger partial charge in [-0.25, -0.2) is 4.98 Å². The number of nitrogens with zero attached hydrogens (tertiary/aromatic N) is 3. The molecule has 2 aromatic carbocycles. The minimum atomic E-state index is -0.480. The summed E-state index contributed by atoms with van der Waals surface area (Å²) < 4.78 is 1.05. The molecule has 4 rings (SSSR count). The molecule has 0 saturated carbocycles. The maximum absolute atomic E-state index is 12.5. The van der Waals surface area contributed by atoms with Gasteiger partial charge >= 0.3 is 0 Å². The number of amidine groups is 1. The van der Waals surface area contributed by atoms with Crippen LogP contribution in [0.25, 0.3) is 10.2 Å². The Hall–Kier alpha value is -2.71. The molecular weight excluding hydrogens is 380 g/mol. The molecule has 27 heavy (non-hydrogen) atoms. The first-order valence-corrected chi connectivity index (χ1v) is 10.0. The summed E-state index contributed by atoms with van der Waals surface area (Å²) in [4.78, 5) is 35.3. The molecule has 1 aromatic heterocycles. The summed E-state index contributed by atoms with van der Waals surface area (Å²) in [5, 5.41) is 3.50. The van der Waals surface area contributed by atoms with Gasteiger partial charge in [0, 0.05) is 19.2 Å². The minimum absolute atomic E-state index is 0.0988. The van der Waals surface area contributed by atoms with Crippen LogP contribution in [0.3, 0.4) is 0 Å². The highest BCUT2D eigenvalue weighted by molar-refractivity contribution is 8.15. The van der Waals surface area contributed by atoms with Crippen LogP contribution in [-0.2, 0) is 9.59 Å². The summed E-state index contributed by atoms with van der Waals surface area (Å²) >= 11 is 2.78. The lowest BCUT2D eigenvalue weighted by Crippen LogP contribution is -2.30. The topological polar surface area (TPSA) is 74.7 Å². The molecule has 8 heteroatoms. The quantitative estimate of drug-likeness (QED) is 0.726. The summed E-state index contributed by atoms with van der Waals surface area (Å²) in [6.45, 7) is 0. The number of carbonyl (C=O) groups is 2. The second-order valence-corrected chi connectivity index (χ2v) is 8.16. The lowest BCUT2D eigenvalue weighted by molar-refractivity contribution is -0.127. The molecule has 1 atom stereocenters. The number of anilines is 1. The fourth-order valence-electron chi connectivity index (χ4n) is 2.69. The molecule has 1 N–H and O–H groups in total. The van der Waals surface area contributed by atoms with E-state index >= 15 is 0 Å². The van der Waals surface area contributed by atoms with Crippen molar-refractivity contribution >= 4 is 61.1 Å². The molecule has 136 valence electrons. The number of benzene rings is 2. The first kappa shape index (κ1) is 17.7. The van der Waals surface area contributed by atoms with Gasteiger partial charge in [0.15, 0.2) is 5.17 Å². The fraction of sp³-hybridized carbons (Fsp3) is 0.158. The SMILES string of the molecule is CN1C(=O)C(CC(=O)Nc2ccccc2)S/C1=N/c1nc2ccccc2s1. The van der Waals surface area contributed by atoms with Crippen LogP contribution in [0, 0.1) is 0 Å². The van der Waals surface area contributed by atoms with Crippen LogP contribution < -0.4 is 5.32 Å². The number of carbonyl (C=O) groups excluding carboxylic acids is 2. The van der Waals surface area contributed by atoms with Crippen LogP contribution in [0.4, 0.5) is 10.8 Å². The van der Waals surface area contributed by atoms with Crippen LogP contribution in [0.1, 0.15) is 6.42 Å². The number of fused-ring (bicyclic) bond motifs is 1. The number of hydrogen-bond donors (Lipinski definition) is 1. The van der Waals surface area contributed by atoms with E-state index in [1.165, 1.54) is 28.0 Å². The molecule has 1 aliphatic rings. The molecule has 3 aromatic rings. The zero-order valence-electron chi connectivity index (χ0n) is 14.5. The van der Waals surface area contributed by atoms with Crippen molar-refractivity contribution in [3.63, 3.8) is 0 Å². The molecule has 1 aliphatic heterocycles. The summed E-state index contributed by atoms with van der Waals surface area (Å²) in [7, 11) is 1.68. The molecule has 0 radical (unpaired) electrons. The van der Waals surface area contributed by atoms with E-state index in [2.05, 4.69) is 15.3 Å². The monoisotopic (exact) mass is 396 g/mol. The van der Waals surface area contributed by atoms with E-state index in [1.807, 2.05) is 54.6 Å². The number of aromatic nitrogens is 1. The number of hydrogen-bond acceptors (Lipinski definition) is 6.